The molecule has 0 bridgehead atoms. The van der Waals surface area contributed by atoms with Gasteiger partial charge < -0.3 is 5.73 Å². The smallest absolute Gasteiger partial charge is 0.390 e. The van der Waals surface area contributed by atoms with E-state index >= 15 is 0 Å². The third-order valence-corrected chi connectivity index (χ3v) is 3.54. The molecule has 0 atom stereocenters. The van der Waals surface area contributed by atoms with E-state index in [-0.39, 0.29) is 5.06 Å². The first-order valence-corrected chi connectivity index (χ1v) is 7.50. The second kappa shape index (κ2) is 6.03. The molecule has 0 aliphatic rings. The summed E-state index contributed by atoms with van der Waals surface area (Å²) in [6.07, 6.45) is -5.29. The van der Waals surface area contributed by atoms with Crippen LogP contribution >= 0.6 is 10.7 Å². The van der Waals surface area contributed by atoms with Gasteiger partial charge in [0, 0.05) is 16.9 Å². The van der Waals surface area contributed by atoms with Crippen LogP contribution in [0.25, 0.3) is 0 Å². The van der Waals surface area contributed by atoms with Gasteiger partial charge in [0.2, 0.25) is 0 Å². The van der Waals surface area contributed by atoms with Crippen LogP contribution in [0.3, 0.4) is 0 Å². The van der Waals surface area contributed by atoms with Crippen molar-refractivity contribution in [1.82, 2.24) is 10.0 Å². The SMILES string of the molecule is Nc1cc(S(=O)(=O)Cl)cnc1C(=O)N(O)CCC(F)(F)F. The van der Waals surface area contributed by atoms with Gasteiger partial charge in [-0.05, 0) is 6.07 Å². The van der Waals surface area contributed by atoms with Crippen molar-refractivity contribution in [2.45, 2.75) is 17.5 Å². The number of alkyl halides is 3. The number of halogens is 4. The number of aromatic nitrogens is 1. The van der Waals surface area contributed by atoms with Gasteiger partial charge in [-0.25, -0.2) is 18.5 Å². The Morgan fingerprint density at radius 3 is 2.48 bits per heavy atom. The number of pyridine rings is 1. The minimum atomic E-state index is -4.56. The summed E-state index contributed by atoms with van der Waals surface area (Å²) in [6.45, 7) is -1.01. The predicted octanol–water partition coefficient (Wildman–Crippen LogP) is 1.38. The van der Waals surface area contributed by atoms with Crippen LogP contribution in [-0.2, 0) is 9.05 Å². The van der Waals surface area contributed by atoms with E-state index in [0.29, 0.717) is 6.20 Å². The molecule has 12 heteroatoms. The topological polar surface area (TPSA) is 114 Å². The van der Waals surface area contributed by atoms with Gasteiger partial charge in [0.15, 0.2) is 5.69 Å². The summed E-state index contributed by atoms with van der Waals surface area (Å²) < 4.78 is 57.9. The van der Waals surface area contributed by atoms with Crippen LogP contribution < -0.4 is 5.73 Å². The van der Waals surface area contributed by atoms with E-state index in [1.54, 1.807) is 0 Å². The molecule has 0 saturated carbocycles. The normalized spacial score (nSPS) is 12.2. The van der Waals surface area contributed by atoms with Crippen LogP contribution in [0.15, 0.2) is 17.2 Å². The number of nitrogens with two attached hydrogens (primary N) is 1. The Labute approximate surface area is 121 Å². The number of nitrogens with zero attached hydrogens (tertiary/aromatic N) is 2. The quantitative estimate of drug-likeness (QED) is 0.483. The summed E-state index contributed by atoms with van der Waals surface area (Å²) in [6, 6.07) is 0.806. The molecule has 118 valence electrons. The van der Waals surface area contributed by atoms with Gasteiger partial charge in [0.25, 0.3) is 15.0 Å². The number of hydrogen-bond donors (Lipinski definition) is 2. The summed E-state index contributed by atoms with van der Waals surface area (Å²) in [5, 5.41) is 9.02. The molecule has 1 amide bonds. The van der Waals surface area contributed by atoms with Crippen LogP contribution in [0.2, 0.25) is 0 Å². The zero-order valence-corrected chi connectivity index (χ0v) is 11.7. The molecule has 1 aromatic rings. The molecule has 1 heterocycles. The Bertz CT molecular complexity index is 650. The van der Waals surface area contributed by atoms with Crippen LogP contribution in [0.4, 0.5) is 18.9 Å². The number of anilines is 1. The maximum Gasteiger partial charge on any atom is 0.390 e. The summed E-state index contributed by atoms with van der Waals surface area (Å²) in [5.74, 6) is -1.30. The highest BCUT2D eigenvalue weighted by atomic mass is 35.7. The number of carbonyl (C=O) groups excluding carboxylic acids is 1. The largest absolute Gasteiger partial charge is 0.397 e. The van der Waals surface area contributed by atoms with Gasteiger partial charge in [-0.2, -0.15) is 13.2 Å². The summed E-state index contributed by atoms with van der Waals surface area (Å²) in [4.78, 5) is 14.5. The van der Waals surface area contributed by atoms with Crippen molar-refractivity contribution < 1.29 is 31.6 Å². The fourth-order valence-electron chi connectivity index (χ4n) is 1.23. The Hall–Kier alpha value is -1.59. The number of rotatable bonds is 4. The molecule has 0 aromatic carbocycles. The fourth-order valence-corrected chi connectivity index (χ4v) is 1.93. The zero-order chi connectivity index (χ0) is 16.4. The molecule has 3 N–H and O–H groups in total. The Kier molecular flexibility index (Phi) is 5.02. The summed E-state index contributed by atoms with van der Waals surface area (Å²) in [5.41, 5.74) is 4.33. The number of amides is 1. The van der Waals surface area contributed by atoms with E-state index < -0.39 is 50.4 Å². The van der Waals surface area contributed by atoms with Crippen LogP contribution in [-0.4, -0.2) is 42.3 Å². The van der Waals surface area contributed by atoms with Crippen molar-refractivity contribution in [2.75, 3.05) is 12.3 Å². The van der Waals surface area contributed by atoms with E-state index in [0.717, 1.165) is 6.07 Å². The fraction of sp³-hybridized carbons (Fsp3) is 0.333. The molecule has 0 saturated heterocycles. The average Bonchev–Trinajstić information content (AvgIpc) is 2.33. The van der Waals surface area contributed by atoms with Gasteiger partial charge in [-0.3, -0.25) is 10.0 Å². The highest BCUT2D eigenvalue weighted by molar-refractivity contribution is 8.13. The van der Waals surface area contributed by atoms with E-state index in [1.165, 1.54) is 0 Å². The Balaban J connectivity index is 2.93. The van der Waals surface area contributed by atoms with E-state index in [2.05, 4.69) is 4.98 Å². The molecule has 0 radical (unpaired) electrons. The Morgan fingerprint density at radius 2 is 2.05 bits per heavy atom. The minimum absolute atomic E-state index is 0.207. The standard InChI is InChI=1S/C9H9ClF3N3O4S/c10-21(19,20)5-3-6(14)7(15-4-5)8(17)16(18)2-1-9(11,12)13/h3-4,18H,1-2,14H2. The molecule has 21 heavy (non-hydrogen) atoms. The number of hydrogen-bond acceptors (Lipinski definition) is 6. The van der Waals surface area contributed by atoms with E-state index in [4.69, 9.17) is 16.4 Å². The highest BCUT2D eigenvalue weighted by Gasteiger charge is 2.30. The third-order valence-electron chi connectivity index (χ3n) is 2.22. The molecule has 0 spiro atoms. The first-order chi connectivity index (χ1) is 9.42. The minimum Gasteiger partial charge on any atom is -0.397 e. The molecule has 0 fully saturated rings. The maximum atomic E-state index is 12.0. The number of hydroxylamine groups is 2. The molecule has 0 unspecified atom stereocenters. The van der Waals surface area contributed by atoms with Crippen molar-refractivity contribution >= 4 is 31.3 Å². The van der Waals surface area contributed by atoms with Crippen molar-refractivity contribution in [3.63, 3.8) is 0 Å². The predicted molar refractivity (Wildman–Crippen MR) is 65.2 cm³/mol. The molecule has 1 aromatic heterocycles. The first kappa shape index (κ1) is 17.5. The second-order valence-corrected chi connectivity index (χ2v) is 6.41. The van der Waals surface area contributed by atoms with Gasteiger partial charge >= 0.3 is 6.18 Å². The monoisotopic (exact) mass is 347 g/mol. The summed E-state index contributed by atoms with van der Waals surface area (Å²) in [7, 11) is 0.908. The summed E-state index contributed by atoms with van der Waals surface area (Å²) >= 11 is 0. The molecule has 0 aliphatic heterocycles. The second-order valence-electron chi connectivity index (χ2n) is 3.84. The average molecular weight is 348 g/mol. The van der Waals surface area contributed by atoms with Gasteiger partial charge in [-0.15, -0.1) is 0 Å². The van der Waals surface area contributed by atoms with Crippen LogP contribution in [0, 0.1) is 0 Å². The highest BCUT2D eigenvalue weighted by Crippen LogP contribution is 2.22. The van der Waals surface area contributed by atoms with Crippen LogP contribution in [0.1, 0.15) is 16.9 Å². The molecular formula is C9H9ClF3N3O4S. The van der Waals surface area contributed by atoms with Gasteiger partial charge in [0.1, 0.15) is 4.90 Å². The molecule has 0 aliphatic carbocycles. The lowest BCUT2D eigenvalue weighted by atomic mass is 10.2. The zero-order valence-electron chi connectivity index (χ0n) is 10.1. The lowest BCUT2D eigenvalue weighted by Gasteiger charge is -2.16. The number of nitrogen functional groups attached to an aromatic ring is 1. The Morgan fingerprint density at radius 1 is 1.48 bits per heavy atom. The van der Waals surface area contributed by atoms with Crippen LogP contribution in [0.5, 0.6) is 0 Å². The molecule has 7 nitrogen and oxygen atoms in total. The molecular weight excluding hydrogens is 339 g/mol. The maximum absolute atomic E-state index is 12.0. The van der Waals surface area contributed by atoms with Crippen molar-refractivity contribution in [2.24, 2.45) is 0 Å². The van der Waals surface area contributed by atoms with Gasteiger partial charge in [-0.1, -0.05) is 0 Å². The van der Waals surface area contributed by atoms with Crippen molar-refractivity contribution in [3.05, 3.63) is 18.0 Å². The number of carbonyl (C=O) groups is 1. The van der Waals surface area contributed by atoms with Crippen molar-refractivity contribution in [3.8, 4) is 0 Å². The first-order valence-electron chi connectivity index (χ1n) is 5.19. The van der Waals surface area contributed by atoms with Crippen molar-refractivity contribution in [1.29, 1.82) is 0 Å². The third kappa shape index (κ3) is 5.02. The lowest BCUT2D eigenvalue weighted by molar-refractivity contribution is -0.153. The molecule has 1 rings (SSSR count). The van der Waals surface area contributed by atoms with E-state index in [1.807, 2.05) is 0 Å². The van der Waals surface area contributed by atoms with E-state index in [9.17, 15) is 31.6 Å². The lowest BCUT2D eigenvalue weighted by Crippen LogP contribution is -2.32. The van der Waals surface area contributed by atoms with Gasteiger partial charge in [0.05, 0.1) is 18.7 Å².